The lowest BCUT2D eigenvalue weighted by Crippen LogP contribution is -1.90. The fourth-order valence-electron chi connectivity index (χ4n) is 0.846. The van der Waals surface area contributed by atoms with Gasteiger partial charge in [0, 0.05) is 12.1 Å². The Hall–Kier alpha value is -2.40. The van der Waals surface area contributed by atoms with Gasteiger partial charge in [-0.05, 0) is 6.07 Å². The average molecular weight is 173 g/mol. The summed E-state index contributed by atoms with van der Waals surface area (Å²) in [6.45, 7) is 0. The van der Waals surface area contributed by atoms with Crippen LogP contribution in [0.1, 0.15) is 11.1 Å². The van der Waals surface area contributed by atoms with Gasteiger partial charge in [-0.1, -0.05) is 0 Å². The molecule has 0 heterocycles. The van der Waals surface area contributed by atoms with E-state index in [1.165, 1.54) is 6.07 Å². The van der Waals surface area contributed by atoms with Crippen molar-refractivity contribution in [3.63, 3.8) is 0 Å². The summed E-state index contributed by atoms with van der Waals surface area (Å²) < 4.78 is 0. The summed E-state index contributed by atoms with van der Waals surface area (Å²) in [6, 6.07) is 7.03. The van der Waals surface area contributed by atoms with Gasteiger partial charge >= 0.3 is 0 Å². The topological polar surface area (TPSA) is 90.7 Å². The highest BCUT2D eigenvalue weighted by Crippen LogP contribution is 2.15. The maximum Gasteiger partial charge on any atom is 0.272 e. The van der Waals surface area contributed by atoms with Gasteiger partial charge in [-0.25, -0.2) is 0 Å². The molecule has 0 N–H and O–H groups in total. The molecule has 62 valence electrons. The molecule has 5 heteroatoms. The van der Waals surface area contributed by atoms with E-state index in [4.69, 9.17) is 10.5 Å². The number of non-ortho nitro benzene ring substituents is 1. The van der Waals surface area contributed by atoms with Crippen molar-refractivity contribution in [3.8, 4) is 12.1 Å². The number of rotatable bonds is 1. The first-order valence-corrected chi connectivity index (χ1v) is 3.27. The second kappa shape index (κ2) is 3.33. The van der Waals surface area contributed by atoms with Crippen molar-refractivity contribution in [2.45, 2.75) is 0 Å². The largest absolute Gasteiger partial charge is 0.272 e. The minimum absolute atomic E-state index is 0.116. The van der Waals surface area contributed by atoms with E-state index in [0.29, 0.717) is 0 Å². The van der Waals surface area contributed by atoms with Crippen molar-refractivity contribution in [3.05, 3.63) is 39.4 Å². The molecule has 1 rings (SSSR count). The van der Waals surface area contributed by atoms with Crippen LogP contribution in [0.2, 0.25) is 0 Å². The van der Waals surface area contributed by atoms with Crippen LogP contribution in [0.4, 0.5) is 5.69 Å². The maximum atomic E-state index is 10.3. The van der Waals surface area contributed by atoms with Crippen LogP contribution >= 0.6 is 0 Å². The molecule has 0 aromatic heterocycles. The Bertz CT molecular complexity index is 407. The van der Waals surface area contributed by atoms with Gasteiger partial charge in [-0.15, -0.1) is 0 Å². The van der Waals surface area contributed by atoms with Crippen molar-refractivity contribution in [2.24, 2.45) is 0 Å². The Morgan fingerprint density at radius 3 is 1.92 bits per heavy atom. The average Bonchev–Trinajstić information content (AvgIpc) is 2.16. The van der Waals surface area contributed by atoms with Crippen molar-refractivity contribution in [1.29, 1.82) is 10.5 Å². The number of nitro benzene ring substituents is 1. The van der Waals surface area contributed by atoms with E-state index in [0.717, 1.165) is 12.1 Å². The van der Waals surface area contributed by atoms with Gasteiger partial charge in [0.15, 0.2) is 0 Å². The van der Waals surface area contributed by atoms with Gasteiger partial charge in [0.1, 0.15) is 0 Å². The molecule has 0 aliphatic rings. The lowest BCUT2D eigenvalue weighted by atomic mass is 10.1. The smallest absolute Gasteiger partial charge is 0.258 e. The highest BCUT2D eigenvalue weighted by Gasteiger charge is 2.08. The van der Waals surface area contributed by atoms with E-state index in [1.54, 1.807) is 12.1 Å². The summed E-state index contributed by atoms with van der Waals surface area (Å²) in [4.78, 5) is 9.69. The molecule has 0 aliphatic heterocycles. The highest BCUT2D eigenvalue weighted by atomic mass is 16.6. The molecular weight excluding hydrogens is 170 g/mol. The zero-order valence-corrected chi connectivity index (χ0v) is 6.39. The molecule has 0 unspecified atom stereocenters. The number of nitrogens with zero attached hydrogens (tertiary/aromatic N) is 3. The molecule has 0 saturated heterocycles. The van der Waals surface area contributed by atoms with Gasteiger partial charge in [0.05, 0.1) is 28.2 Å². The first-order valence-electron chi connectivity index (χ1n) is 3.27. The third-order valence-corrected chi connectivity index (χ3v) is 1.39. The number of nitro groups is 1. The van der Waals surface area contributed by atoms with Gasteiger partial charge in [-0.3, -0.25) is 10.1 Å². The van der Waals surface area contributed by atoms with Gasteiger partial charge < -0.3 is 0 Å². The fraction of sp³-hybridized carbons (Fsp3) is 0. The Morgan fingerprint density at radius 2 is 1.62 bits per heavy atom. The van der Waals surface area contributed by atoms with E-state index in [1.807, 2.05) is 0 Å². The Balaban J connectivity index is 3.35. The van der Waals surface area contributed by atoms with Crippen molar-refractivity contribution >= 4 is 5.69 Å². The van der Waals surface area contributed by atoms with Crippen LogP contribution in [-0.2, 0) is 0 Å². The molecule has 1 aromatic carbocycles. The molecule has 0 radical (unpaired) electrons. The molecule has 1 aromatic rings. The molecule has 13 heavy (non-hydrogen) atoms. The van der Waals surface area contributed by atoms with E-state index in [9.17, 15) is 10.1 Å². The van der Waals surface area contributed by atoms with Crippen LogP contribution < -0.4 is 0 Å². The van der Waals surface area contributed by atoms with Gasteiger partial charge in [0.25, 0.3) is 5.69 Å². The summed E-state index contributed by atoms with van der Waals surface area (Å²) >= 11 is 0. The molecular formula is C8H3N3O2. The highest BCUT2D eigenvalue weighted by molar-refractivity contribution is 5.48. The SMILES string of the molecule is N#Cc1cc(C#N)cc([N+](=O)[O-])c1. The number of nitriles is 2. The minimum atomic E-state index is -0.637. The molecule has 5 nitrogen and oxygen atoms in total. The Kier molecular flexibility index (Phi) is 2.23. The lowest BCUT2D eigenvalue weighted by Gasteiger charge is -1.92. The number of hydrogen-bond acceptors (Lipinski definition) is 4. The Labute approximate surface area is 73.6 Å². The predicted octanol–water partition coefficient (Wildman–Crippen LogP) is 1.34. The van der Waals surface area contributed by atoms with E-state index in [-0.39, 0.29) is 16.8 Å². The third-order valence-electron chi connectivity index (χ3n) is 1.39. The number of benzene rings is 1. The molecule has 0 bridgehead atoms. The van der Waals surface area contributed by atoms with Gasteiger partial charge in [-0.2, -0.15) is 10.5 Å². The number of hydrogen-bond donors (Lipinski definition) is 0. The van der Waals surface area contributed by atoms with Gasteiger partial charge in [0.2, 0.25) is 0 Å². The molecule has 0 aliphatic carbocycles. The monoisotopic (exact) mass is 173 g/mol. The first kappa shape index (κ1) is 8.69. The van der Waals surface area contributed by atoms with Crippen LogP contribution in [-0.4, -0.2) is 4.92 Å². The van der Waals surface area contributed by atoms with Crippen LogP contribution in [0.15, 0.2) is 18.2 Å². The summed E-state index contributed by atoms with van der Waals surface area (Å²) in [6.07, 6.45) is 0. The second-order valence-corrected chi connectivity index (χ2v) is 2.25. The van der Waals surface area contributed by atoms with E-state index in [2.05, 4.69) is 0 Å². The van der Waals surface area contributed by atoms with Crippen molar-refractivity contribution in [1.82, 2.24) is 0 Å². The van der Waals surface area contributed by atoms with E-state index < -0.39 is 4.92 Å². The summed E-state index contributed by atoms with van der Waals surface area (Å²) in [5, 5.41) is 27.3. The maximum absolute atomic E-state index is 10.3. The van der Waals surface area contributed by atoms with Crippen molar-refractivity contribution in [2.75, 3.05) is 0 Å². The summed E-state index contributed by atoms with van der Waals surface area (Å²) in [5.41, 5.74) is -0.00731. The molecule has 0 amide bonds. The molecule has 0 saturated carbocycles. The van der Waals surface area contributed by atoms with Crippen LogP contribution in [0, 0.1) is 32.8 Å². The standard InChI is InChI=1S/C8H3N3O2/c9-4-6-1-7(5-10)3-8(2-6)11(12)13/h1-3H. The van der Waals surface area contributed by atoms with Crippen LogP contribution in [0.5, 0.6) is 0 Å². The minimum Gasteiger partial charge on any atom is -0.258 e. The Morgan fingerprint density at radius 1 is 1.15 bits per heavy atom. The first-order chi connectivity index (χ1) is 6.17. The normalized spacial score (nSPS) is 8.46. The lowest BCUT2D eigenvalue weighted by molar-refractivity contribution is -0.384. The second-order valence-electron chi connectivity index (χ2n) is 2.25. The molecule has 0 fully saturated rings. The van der Waals surface area contributed by atoms with E-state index >= 15 is 0 Å². The molecule has 0 spiro atoms. The van der Waals surface area contributed by atoms with Crippen LogP contribution in [0.3, 0.4) is 0 Å². The van der Waals surface area contributed by atoms with Crippen molar-refractivity contribution < 1.29 is 4.92 Å². The third kappa shape index (κ3) is 1.79. The van der Waals surface area contributed by atoms with Crippen LogP contribution in [0.25, 0.3) is 0 Å². The fourth-order valence-corrected chi connectivity index (χ4v) is 0.846. The summed E-state index contributed by atoms with van der Waals surface area (Å²) in [7, 11) is 0. The molecule has 0 atom stereocenters. The zero-order valence-electron chi connectivity index (χ0n) is 6.39. The quantitative estimate of drug-likeness (QED) is 0.473. The summed E-state index contributed by atoms with van der Waals surface area (Å²) in [5.74, 6) is 0. The predicted molar refractivity (Wildman–Crippen MR) is 42.5 cm³/mol. The zero-order chi connectivity index (χ0) is 9.84.